The average Bonchev–Trinajstić information content (AvgIpc) is 2.29. The quantitative estimate of drug-likeness (QED) is 0.610. The zero-order valence-electron chi connectivity index (χ0n) is 9.03. The monoisotopic (exact) mass is 325 g/mol. The van der Waals surface area contributed by atoms with Crippen molar-refractivity contribution in [1.82, 2.24) is 4.72 Å². The second-order valence-electron chi connectivity index (χ2n) is 3.16. The number of nitrogens with one attached hydrogen (secondary N) is 1. The fraction of sp³-hybridized carbons (Fsp3) is 0.400. The lowest BCUT2D eigenvalue weighted by molar-refractivity contribution is 0.156. The minimum Gasteiger partial charge on any atom is -0.379 e. The van der Waals surface area contributed by atoms with E-state index in [0.717, 1.165) is 6.07 Å². The van der Waals surface area contributed by atoms with E-state index in [0.29, 0.717) is 11.9 Å². The SMILES string of the molecule is O=S(=O)(NCCOCCBr)c1cccc(F)c1. The molecule has 96 valence electrons. The van der Waals surface area contributed by atoms with Gasteiger partial charge in [-0.2, -0.15) is 0 Å². The van der Waals surface area contributed by atoms with E-state index in [-0.39, 0.29) is 18.0 Å². The van der Waals surface area contributed by atoms with Crippen molar-refractivity contribution in [3.63, 3.8) is 0 Å². The van der Waals surface area contributed by atoms with Gasteiger partial charge in [0.1, 0.15) is 5.82 Å². The Labute approximate surface area is 108 Å². The molecule has 0 fully saturated rings. The lowest BCUT2D eigenvalue weighted by atomic mass is 10.4. The van der Waals surface area contributed by atoms with Gasteiger partial charge in [0.15, 0.2) is 0 Å². The summed E-state index contributed by atoms with van der Waals surface area (Å²) in [4.78, 5) is -0.0852. The summed E-state index contributed by atoms with van der Waals surface area (Å²) in [6, 6.07) is 4.86. The first kappa shape index (κ1) is 14.6. The number of alkyl halides is 1. The lowest BCUT2D eigenvalue weighted by Gasteiger charge is -2.06. The van der Waals surface area contributed by atoms with Gasteiger partial charge < -0.3 is 4.74 Å². The third-order valence-electron chi connectivity index (χ3n) is 1.87. The van der Waals surface area contributed by atoms with Gasteiger partial charge in [-0.3, -0.25) is 0 Å². The fourth-order valence-electron chi connectivity index (χ4n) is 1.12. The number of halogens is 2. The molecule has 0 heterocycles. The number of rotatable bonds is 7. The van der Waals surface area contributed by atoms with Gasteiger partial charge in [-0.05, 0) is 18.2 Å². The zero-order valence-corrected chi connectivity index (χ0v) is 11.4. The van der Waals surface area contributed by atoms with Crippen molar-refractivity contribution in [3.8, 4) is 0 Å². The number of ether oxygens (including phenoxy) is 1. The molecule has 1 N–H and O–H groups in total. The maximum Gasteiger partial charge on any atom is 0.240 e. The maximum atomic E-state index is 12.9. The maximum absolute atomic E-state index is 12.9. The van der Waals surface area contributed by atoms with Crippen LogP contribution >= 0.6 is 15.9 Å². The summed E-state index contributed by atoms with van der Waals surface area (Å²) >= 11 is 3.18. The van der Waals surface area contributed by atoms with Gasteiger partial charge in [-0.15, -0.1) is 0 Å². The van der Waals surface area contributed by atoms with Crippen molar-refractivity contribution in [1.29, 1.82) is 0 Å². The molecule has 0 saturated heterocycles. The van der Waals surface area contributed by atoms with E-state index in [1.807, 2.05) is 0 Å². The van der Waals surface area contributed by atoms with Gasteiger partial charge in [0, 0.05) is 11.9 Å². The second-order valence-corrected chi connectivity index (χ2v) is 5.72. The van der Waals surface area contributed by atoms with Crippen molar-refractivity contribution in [3.05, 3.63) is 30.1 Å². The first-order chi connectivity index (χ1) is 8.06. The standard InChI is InChI=1S/C10H13BrFNO3S/c11-4-6-16-7-5-13-17(14,15)10-3-1-2-9(12)8-10/h1-3,8,13H,4-7H2. The number of hydrogen-bond acceptors (Lipinski definition) is 3. The molecule has 0 unspecified atom stereocenters. The van der Waals surface area contributed by atoms with Crippen molar-refractivity contribution < 1.29 is 17.5 Å². The molecular weight excluding hydrogens is 313 g/mol. The van der Waals surface area contributed by atoms with Crippen LogP contribution in [0.4, 0.5) is 4.39 Å². The summed E-state index contributed by atoms with van der Waals surface area (Å²) in [7, 11) is -3.65. The lowest BCUT2D eigenvalue weighted by Crippen LogP contribution is -2.27. The molecule has 1 rings (SSSR count). The Balaban J connectivity index is 2.51. The van der Waals surface area contributed by atoms with E-state index in [9.17, 15) is 12.8 Å². The van der Waals surface area contributed by atoms with Gasteiger partial charge in [-0.1, -0.05) is 22.0 Å². The highest BCUT2D eigenvalue weighted by Gasteiger charge is 2.13. The van der Waals surface area contributed by atoms with Crippen LogP contribution in [0.15, 0.2) is 29.2 Å². The van der Waals surface area contributed by atoms with E-state index in [1.165, 1.54) is 18.2 Å². The van der Waals surface area contributed by atoms with Crippen molar-refractivity contribution >= 4 is 26.0 Å². The number of benzene rings is 1. The van der Waals surface area contributed by atoms with E-state index >= 15 is 0 Å². The molecule has 0 aliphatic carbocycles. The van der Waals surface area contributed by atoms with Crippen LogP contribution in [-0.2, 0) is 14.8 Å². The Bertz CT molecular complexity index is 453. The Morgan fingerprint density at radius 3 is 2.76 bits per heavy atom. The molecular formula is C10H13BrFNO3S. The van der Waals surface area contributed by atoms with E-state index in [4.69, 9.17) is 4.74 Å². The molecule has 17 heavy (non-hydrogen) atoms. The van der Waals surface area contributed by atoms with Crippen LogP contribution in [0.5, 0.6) is 0 Å². The third-order valence-corrected chi connectivity index (χ3v) is 3.65. The van der Waals surface area contributed by atoms with Gasteiger partial charge in [-0.25, -0.2) is 17.5 Å². The molecule has 0 saturated carbocycles. The molecule has 4 nitrogen and oxygen atoms in total. The van der Waals surface area contributed by atoms with Crippen LogP contribution in [-0.4, -0.2) is 33.5 Å². The average molecular weight is 326 g/mol. The van der Waals surface area contributed by atoms with Gasteiger partial charge in [0.25, 0.3) is 0 Å². The van der Waals surface area contributed by atoms with Crippen molar-refractivity contribution in [2.24, 2.45) is 0 Å². The summed E-state index contributed by atoms with van der Waals surface area (Å²) < 4.78 is 43.6. The fourth-order valence-corrected chi connectivity index (χ4v) is 2.40. The van der Waals surface area contributed by atoms with E-state index < -0.39 is 15.8 Å². The number of hydrogen-bond donors (Lipinski definition) is 1. The van der Waals surface area contributed by atoms with Gasteiger partial charge in [0.05, 0.1) is 18.1 Å². The molecule has 0 amide bonds. The molecule has 1 aromatic rings. The van der Waals surface area contributed by atoms with Crippen molar-refractivity contribution in [2.45, 2.75) is 4.90 Å². The molecule has 0 radical (unpaired) electrons. The minimum atomic E-state index is -3.65. The highest BCUT2D eigenvalue weighted by Crippen LogP contribution is 2.09. The molecule has 0 atom stereocenters. The highest BCUT2D eigenvalue weighted by atomic mass is 79.9. The molecule has 0 spiro atoms. The van der Waals surface area contributed by atoms with Crippen LogP contribution in [0, 0.1) is 5.82 Å². The van der Waals surface area contributed by atoms with Gasteiger partial charge in [0.2, 0.25) is 10.0 Å². The van der Waals surface area contributed by atoms with Crippen LogP contribution < -0.4 is 4.72 Å². The third kappa shape index (κ3) is 5.12. The Kier molecular flexibility index (Phi) is 6.04. The molecule has 7 heteroatoms. The minimum absolute atomic E-state index is 0.0852. The normalized spacial score (nSPS) is 11.6. The summed E-state index contributed by atoms with van der Waals surface area (Å²) in [6.07, 6.45) is 0. The zero-order chi connectivity index (χ0) is 12.7. The Morgan fingerprint density at radius 2 is 2.12 bits per heavy atom. The van der Waals surface area contributed by atoms with Gasteiger partial charge >= 0.3 is 0 Å². The highest BCUT2D eigenvalue weighted by molar-refractivity contribution is 9.09. The first-order valence-electron chi connectivity index (χ1n) is 4.95. The molecule has 0 aromatic heterocycles. The molecule has 1 aromatic carbocycles. The predicted octanol–water partition coefficient (Wildman–Crippen LogP) is 1.52. The first-order valence-corrected chi connectivity index (χ1v) is 7.55. The van der Waals surface area contributed by atoms with Crippen LogP contribution in [0.25, 0.3) is 0 Å². The summed E-state index contributed by atoms with van der Waals surface area (Å²) in [6.45, 7) is 0.952. The molecule has 0 aliphatic heterocycles. The van der Waals surface area contributed by atoms with E-state index in [1.54, 1.807) is 0 Å². The van der Waals surface area contributed by atoms with E-state index in [2.05, 4.69) is 20.7 Å². The topological polar surface area (TPSA) is 55.4 Å². The van der Waals surface area contributed by atoms with Crippen LogP contribution in [0.1, 0.15) is 0 Å². The van der Waals surface area contributed by atoms with Crippen LogP contribution in [0.2, 0.25) is 0 Å². The Morgan fingerprint density at radius 1 is 1.35 bits per heavy atom. The molecule has 0 bridgehead atoms. The summed E-state index contributed by atoms with van der Waals surface area (Å²) in [5, 5.41) is 0.698. The number of sulfonamides is 1. The predicted molar refractivity (Wildman–Crippen MR) is 66.2 cm³/mol. The second kappa shape index (κ2) is 7.05. The Hall–Kier alpha value is -0.500. The summed E-state index contributed by atoms with van der Waals surface area (Å²) in [5.41, 5.74) is 0. The van der Waals surface area contributed by atoms with Crippen molar-refractivity contribution in [2.75, 3.05) is 25.1 Å². The van der Waals surface area contributed by atoms with Crippen LogP contribution in [0.3, 0.4) is 0 Å². The largest absolute Gasteiger partial charge is 0.379 e. The molecule has 0 aliphatic rings. The summed E-state index contributed by atoms with van der Waals surface area (Å²) in [5.74, 6) is -0.580. The smallest absolute Gasteiger partial charge is 0.240 e.